The van der Waals surface area contributed by atoms with Crippen LogP contribution in [-0.4, -0.2) is 15.0 Å². The van der Waals surface area contributed by atoms with Crippen molar-refractivity contribution < 1.29 is 0 Å². The molecule has 0 amide bonds. The van der Waals surface area contributed by atoms with Gasteiger partial charge in [0, 0.05) is 16.7 Å². The molecule has 0 saturated heterocycles. The lowest BCUT2D eigenvalue weighted by molar-refractivity contribution is -0.0281. The van der Waals surface area contributed by atoms with Crippen LogP contribution in [0.25, 0.3) is 56.4 Å². The Morgan fingerprint density at radius 2 is 0.712 bits per heavy atom. The maximum atomic E-state index is 4.98. The molecule has 0 spiro atoms. The first-order chi connectivity index (χ1) is 25.6. The molecule has 11 rings (SSSR count). The van der Waals surface area contributed by atoms with E-state index in [0.717, 1.165) is 28.5 Å². The molecule has 4 aliphatic rings. The fourth-order valence-corrected chi connectivity index (χ4v) is 10.4. The van der Waals surface area contributed by atoms with Gasteiger partial charge in [-0.15, -0.1) is 0 Å². The molecule has 2 atom stereocenters. The molecule has 4 bridgehead atoms. The Bertz CT molecular complexity index is 2280. The van der Waals surface area contributed by atoms with E-state index in [1.807, 2.05) is 36.4 Å². The highest BCUT2D eigenvalue weighted by Crippen LogP contribution is 2.66. The Labute approximate surface area is 306 Å². The van der Waals surface area contributed by atoms with Crippen LogP contribution in [0.4, 0.5) is 0 Å². The summed E-state index contributed by atoms with van der Waals surface area (Å²) in [5.74, 6) is 3.67. The second-order valence-corrected chi connectivity index (χ2v) is 15.7. The van der Waals surface area contributed by atoms with Gasteiger partial charge in [-0.05, 0) is 101 Å². The summed E-state index contributed by atoms with van der Waals surface area (Å²) < 4.78 is 0. The standard InChI is InChI=1S/C49H41N3/c1-4-11-36(12-5-1)37-19-23-43(24-20-37)48-29-34-27-35(30-48)32-49(31-34,33-48)44-25-21-38(22-26-44)41-17-10-18-42(28-41)47-51-45(39-13-6-2-7-14-39)50-46(52-47)40-15-8-3-9-16-40/h1-26,28,34-35H,27,29-33H2. The summed E-state index contributed by atoms with van der Waals surface area (Å²) >= 11 is 0. The molecule has 0 radical (unpaired) electrons. The van der Waals surface area contributed by atoms with Crippen molar-refractivity contribution >= 4 is 0 Å². The van der Waals surface area contributed by atoms with Crippen molar-refractivity contribution in [2.45, 2.75) is 49.4 Å². The first-order valence-corrected chi connectivity index (χ1v) is 18.9. The Morgan fingerprint density at radius 1 is 0.346 bits per heavy atom. The lowest BCUT2D eigenvalue weighted by Crippen LogP contribution is -2.55. The average Bonchev–Trinajstić information content (AvgIpc) is 3.21. The van der Waals surface area contributed by atoms with Gasteiger partial charge in [-0.25, -0.2) is 15.0 Å². The number of aromatic nitrogens is 3. The summed E-state index contributed by atoms with van der Waals surface area (Å²) in [6.45, 7) is 0. The van der Waals surface area contributed by atoms with Crippen LogP contribution < -0.4 is 0 Å². The Kier molecular flexibility index (Phi) is 7.49. The average molecular weight is 672 g/mol. The van der Waals surface area contributed by atoms with E-state index in [4.69, 9.17) is 15.0 Å². The molecule has 1 aromatic heterocycles. The Hall–Kier alpha value is -5.67. The van der Waals surface area contributed by atoms with Crippen molar-refractivity contribution in [3.8, 4) is 56.4 Å². The smallest absolute Gasteiger partial charge is 0.164 e. The first kappa shape index (κ1) is 31.1. The third-order valence-corrected chi connectivity index (χ3v) is 12.3. The van der Waals surface area contributed by atoms with Gasteiger partial charge in [0.05, 0.1) is 0 Å². The summed E-state index contributed by atoms with van der Waals surface area (Å²) in [7, 11) is 0. The lowest BCUT2D eigenvalue weighted by atomic mass is 9.41. The topological polar surface area (TPSA) is 38.7 Å². The highest BCUT2D eigenvalue weighted by molar-refractivity contribution is 5.73. The molecule has 4 aliphatic carbocycles. The van der Waals surface area contributed by atoms with Gasteiger partial charge in [0.2, 0.25) is 0 Å². The van der Waals surface area contributed by atoms with Crippen LogP contribution in [0.1, 0.15) is 49.7 Å². The predicted octanol–water partition coefficient (Wildman–Crippen LogP) is 12.0. The summed E-state index contributed by atoms with van der Waals surface area (Å²) in [6.07, 6.45) is 8.01. The highest BCUT2D eigenvalue weighted by atomic mass is 15.0. The van der Waals surface area contributed by atoms with E-state index in [2.05, 4.69) is 127 Å². The van der Waals surface area contributed by atoms with E-state index in [-0.39, 0.29) is 10.8 Å². The summed E-state index contributed by atoms with van der Waals surface area (Å²) in [5.41, 5.74) is 11.6. The quantitative estimate of drug-likeness (QED) is 0.169. The van der Waals surface area contributed by atoms with Gasteiger partial charge < -0.3 is 0 Å². The monoisotopic (exact) mass is 671 g/mol. The molecule has 2 unspecified atom stereocenters. The van der Waals surface area contributed by atoms with Gasteiger partial charge in [0.25, 0.3) is 0 Å². The highest BCUT2D eigenvalue weighted by Gasteiger charge is 2.58. The van der Waals surface area contributed by atoms with Gasteiger partial charge in [0.15, 0.2) is 17.5 Å². The normalized spacial score (nSPS) is 23.1. The Morgan fingerprint density at radius 3 is 1.19 bits per heavy atom. The van der Waals surface area contributed by atoms with Gasteiger partial charge in [0.1, 0.15) is 0 Å². The molecule has 3 heteroatoms. The molecule has 0 aliphatic heterocycles. The SMILES string of the molecule is c1ccc(-c2ccc(C34CC5CC(C3)CC(c3ccc(-c6cccc(-c7nc(-c8ccccc8)nc(-c8ccccc8)n7)c6)cc3)(C5)C4)cc2)cc1. The van der Waals surface area contributed by atoms with Crippen molar-refractivity contribution in [2.75, 3.05) is 0 Å². The molecule has 3 nitrogen and oxygen atoms in total. The largest absolute Gasteiger partial charge is 0.208 e. The summed E-state index contributed by atoms with van der Waals surface area (Å²) in [6, 6.07) is 59.0. The van der Waals surface area contributed by atoms with Crippen LogP contribution in [0.15, 0.2) is 164 Å². The predicted molar refractivity (Wildman–Crippen MR) is 211 cm³/mol. The van der Waals surface area contributed by atoms with Crippen molar-refractivity contribution in [1.29, 1.82) is 0 Å². The van der Waals surface area contributed by atoms with Gasteiger partial charge >= 0.3 is 0 Å². The van der Waals surface area contributed by atoms with E-state index in [9.17, 15) is 0 Å². The molecule has 52 heavy (non-hydrogen) atoms. The molecule has 7 aromatic rings. The second-order valence-electron chi connectivity index (χ2n) is 15.7. The number of benzene rings is 6. The van der Waals surface area contributed by atoms with Crippen LogP contribution >= 0.6 is 0 Å². The fourth-order valence-electron chi connectivity index (χ4n) is 10.4. The summed E-state index contributed by atoms with van der Waals surface area (Å²) in [4.78, 5) is 14.9. The van der Waals surface area contributed by atoms with E-state index >= 15 is 0 Å². The van der Waals surface area contributed by atoms with Crippen LogP contribution in [0.5, 0.6) is 0 Å². The van der Waals surface area contributed by atoms with E-state index in [1.54, 1.807) is 5.56 Å². The minimum atomic E-state index is 0.259. The lowest BCUT2D eigenvalue weighted by Gasteiger charge is -2.63. The van der Waals surface area contributed by atoms with Crippen LogP contribution in [0.2, 0.25) is 0 Å². The maximum Gasteiger partial charge on any atom is 0.164 e. The molecule has 4 fully saturated rings. The van der Waals surface area contributed by atoms with E-state index < -0.39 is 0 Å². The summed E-state index contributed by atoms with van der Waals surface area (Å²) in [5, 5.41) is 0. The zero-order chi connectivity index (χ0) is 34.5. The molecule has 252 valence electrons. The van der Waals surface area contributed by atoms with Crippen LogP contribution in [0, 0.1) is 11.8 Å². The van der Waals surface area contributed by atoms with Gasteiger partial charge in [-0.3, -0.25) is 0 Å². The van der Waals surface area contributed by atoms with Crippen molar-refractivity contribution in [2.24, 2.45) is 11.8 Å². The minimum absolute atomic E-state index is 0.259. The number of rotatable bonds is 7. The second kappa shape index (κ2) is 12.5. The van der Waals surface area contributed by atoms with Gasteiger partial charge in [-0.1, -0.05) is 158 Å². The molecular formula is C49H41N3. The third kappa shape index (κ3) is 5.56. The molecule has 4 saturated carbocycles. The van der Waals surface area contributed by atoms with E-state index in [0.29, 0.717) is 17.5 Å². The molecule has 0 N–H and O–H groups in total. The van der Waals surface area contributed by atoms with Crippen LogP contribution in [-0.2, 0) is 10.8 Å². The number of hydrogen-bond acceptors (Lipinski definition) is 3. The fraction of sp³-hybridized carbons (Fsp3) is 0.204. The number of nitrogens with zero attached hydrogens (tertiary/aromatic N) is 3. The maximum absolute atomic E-state index is 4.98. The van der Waals surface area contributed by atoms with Crippen molar-refractivity contribution in [3.05, 3.63) is 175 Å². The minimum Gasteiger partial charge on any atom is -0.208 e. The molecular weight excluding hydrogens is 631 g/mol. The Balaban J connectivity index is 0.956. The first-order valence-electron chi connectivity index (χ1n) is 18.9. The zero-order valence-electron chi connectivity index (χ0n) is 29.3. The van der Waals surface area contributed by atoms with E-state index in [1.165, 1.54) is 66.3 Å². The molecule has 1 heterocycles. The van der Waals surface area contributed by atoms with Crippen molar-refractivity contribution in [1.82, 2.24) is 15.0 Å². The van der Waals surface area contributed by atoms with Gasteiger partial charge in [-0.2, -0.15) is 0 Å². The zero-order valence-corrected chi connectivity index (χ0v) is 29.3. The van der Waals surface area contributed by atoms with Crippen LogP contribution in [0.3, 0.4) is 0 Å². The van der Waals surface area contributed by atoms with Crippen molar-refractivity contribution in [3.63, 3.8) is 0 Å². The third-order valence-electron chi connectivity index (χ3n) is 12.3. The number of hydrogen-bond donors (Lipinski definition) is 0. The molecule has 6 aromatic carbocycles.